The molecule has 0 radical (unpaired) electrons. The summed E-state index contributed by atoms with van der Waals surface area (Å²) in [6.45, 7) is -0.323. The molecule has 1 saturated heterocycles. The zero-order valence-corrected chi connectivity index (χ0v) is 7.02. The highest BCUT2D eigenvalue weighted by molar-refractivity contribution is 6.03. The Kier molecular flexibility index (Phi) is 2.50. The van der Waals surface area contributed by atoms with Crippen LogP contribution >= 0.6 is 0 Å². The second-order valence-electron chi connectivity index (χ2n) is 2.71. The SMILES string of the molecule is COC(=O)C1CN(C(=O)O)CC1=O. The normalized spacial score (nSPS) is 21.8. The van der Waals surface area contributed by atoms with Crippen LogP contribution in [-0.4, -0.2) is 48.1 Å². The standard InChI is InChI=1S/C7H9NO5/c1-13-6(10)4-2-8(7(11)12)3-5(4)9/h4H,2-3H2,1H3,(H,11,12). The minimum absolute atomic E-state index is 0.0964. The molecule has 1 amide bonds. The summed E-state index contributed by atoms with van der Waals surface area (Å²) in [6.07, 6.45) is -1.19. The molecule has 0 aromatic carbocycles. The highest BCUT2D eigenvalue weighted by atomic mass is 16.5. The third-order valence-corrected chi connectivity index (χ3v) is 1.89. The number of methoxy groups -OCH3 is 1. The fraction of sp³-hybridized carbons (Fsp3) is 0.571. The number of rotatable bonds is 1. The molecule has 0 aromatic rings. The van der Waals surface area contributed by atoms with Crippen LogP contribution in [0, 0.1) is 5.92 Å². The summed E-state index contributed by atoms with van der Waals surface area (Å²) in [5.41, 5.74) is 0. The lowest BCUT2D eigenvalue weighted by molar-refractivity contribution is -0.147. The summed E-state index contributed by atoms with van der Waals surface area (Å²) in [5, 5.41) is 8.52. The van der Waals surface area contributed by atoms with E-state index in [1.54, 1.807) is 0 Å². The van der Waals surface area contributed by atoms with E-state index in [0.29, 0.717) is 0 Å². The van der Waals surface area contributed by atoms with Crippen LogP contribution in [0.2, 0.25) is 0 Å². The molecule has 1 fully saturated rings. The van der Waals surface area contributed by atoms with Gasteiger partial charge in [0.2, 0.25) is 0 Å². The molecule has 1 N–H and O–H groups in total. The molecular weight excluding hydrogens is 178 g/mol. The summed E-state index contributed by atoms with van der Waals surface area (Å²) in [4.78, 5) is 33.3. The molecular formula is C7H9NO5. The predicted octanol–water partition coefficient (Wildman–Crippen LogP) is -0.662. The van der Waals surface area contributed by atoms with E-state index in [4.69, 9.17) is 5.11 Å². The first-order chi connectivity index (χ1) is 6.06. The van der Waals surface area contributed by atoms with Gasteiger partial charge in [0.25, 0.3) is 0 Å². The number of likely N-dealkylation sites (tertiary alicyclic amines) is 1. The van der Waals surface area contributed by atoms with Crippen molar-refractivity contribution in [2.45, 2.75) is 0 Å². The highest BCUT2D eigenvalue weighted by Gasteiger charge is 2.38. The smallest absolute Gasteiger partial charge is 0.407 e. The lowest BCUT2D eigenvalue weighted by Gasteiger charge is -2.08. The molecule has 0 aliphatic carbocycles. The molecule has 1 heterocycles. The van der Waals surface area contributed by atoms with Crippen LogP contribution in [-0.2, 0) is 14.3 Å². The van der Waals surface area contributed by atoms with Crippen LogP contribution in [0.15, 0.2) is 0 Å². The van der Waals surface area contributed by atoms with Crippen molar-refractivity contribution in [3.05, 3.63) is 0 Å². The molecule has 6 nitrogen and oxygen atoms in total. The van der Waals surface area contributed by atoms with Crippen LogP contribution < -0.4 is 0 Å². The summed E-state index contributed by atoms with van der Waals surface area (Å²) < 4.78 is 4.35. The van der Waals surface area contributed by atoms with Gasteiger partial charge in [-0.15, -0.1) is 0 Å². The Hall–Kier alpha value is -1.59. The molecule has 1 aliphatic rings. The molecule has 1 aliphatic heterocycles. The average molecular weight is 187 g/mol. The zero-order valence-electron chi connectivity index (χ0n) is 7.02. The number of esters is 1. The summed E-state index contributed by atoms with van der Waals surface area (Å²) in [7, 11) is 1.17. The molecule has 72 valence electrons. The van der Waals surface area contributed by atoms with Crippen molar-refractivity contribution in [2.75, 3.05) is 20.2 Å². The molecule has 1 unspecified atom stereocenters. The van der Waals surface area contributed by atoms with Crippen molar-refractivity contribution in [1.82, 2.24) is 4.90 Å². The quantitative estimate of drug-likeness (QED) is 0.435. The Morgan fingerprint density at radius 1 is 1.62 bits per heavy atom. The van der Waals surface area contributed by atoms with E-state index in [-0.39, 0.29) is 13.1 Å². The summed E-state index contributed by atoms with van der Waals surface area (Å²) >= 11 is 0. The molecule has 0 saturated carbocycles. The van der Waals surface area contributed by atoms with E-state index < -0.39 is 23.8 Å². The maximum absolute atomic E-state index is 11.1. The number of nitrogens with zero attached hydrogens (tertiary/aromatic N) is 1. The van der Waals surface area contributed by atoms with Crippen molar-refractivity contribution < 1.29 is 24.2 Å². The van der Waals surface area contributed by atoms with E-state index in [0.717, 1.165) is 4.90 Å². The number of hydrogen-bond acceptors (Lipinski definition) is 4. The number of carbonyl (C=O) groups excluding carboxylic acids is 2. The minimum atomic E-state index is -1.19. The van der Waals surface area contributed by atoms with Gasteiger partial charge in [0, 0.05) is 6.54 Å². The number of amides is 1. The summed E-state index contributed by atoms with van der Waals surface area (Å²) in [6, 6.07) is 0. The van der Waals surface area contributed by atoms with Gasteiger partial charge in [0.15, 0.2) is 5.78 Å². The van der Waals surface area contributed by atoms with Crippen molar-refractivity contribution in [3.8, 4) is 0 Å². The van der Waals surface area contributed by atoms with E-state index in [1.807, 2.05) is 0 Å². The van der Waals surface area contributed by atoms with Gasteiger partial charge in [-0.25, -0.2) is 4.79 Å². The second-order valence-corrected chi connectivity index (χ2v) is 2.71. The van der Waals surface area contributed by atoms with Crippen LogP contribution in [0.4, 0.5) is 4.79 Å². The number of carboxylic acid groups (broad SMARTS) is 1. The van der Waals surface area contributed by atoms with Crippen LogP contribution in [0.25, 0.3) is 0 Å². The van der Waals surface area contributed by atoms with Gasteiger partial charge in [-0.3, -0.25) is 14.5 Å². The van der Waals surface area contributed by atoms with E-state index >= 15 is 0 Å². The van der Waals surface area contributed by atoms with Gasteiger partial charge in [-0.2, -0.15) is 0 Å². The largest absolute Gasteiger partial charge is 0.468 e. The highest BCUT2D eigenvalue weighted by Crippen LogP contribution is 2.13. The maximum Gasteiger partial charge on any atom is 0.407 e. The molecule has 6 heteroatoms. The average Bonchev–Trinajstić information content (AvgIpc) is 2.46. The van der Waals surface area contributed by atoms with Gasteiger partial charge >= 0.3 is 12.1 Å². The first kappa shape index (κ1) is 9.50. The first-order valence-corrected chi connectivity index (χ1v) is 3.64. The van der Waals surface area contributed by atoms with Gasteiger partial charge in [-0.1, -0.05) is 0 Å². The maximum atomic E-state index is 11.1. The predicted molar refractivity (Wildman–Crippen MR) is 40.1 cm³/mol. The van der Waals surface area contributed by atoms with E-state index in [2.05, 4.69) is 4.74 Å². The van der Waals surface area contributed by atoms with Gasteiger partial charge in [-0.05, 0) is 0 Å². The zero-order chi connectivity index (χ0) is 10.0. The van der Waals surface area contributed by atoms with Crippen LogP contribution in [0.5, 0.6) is 0 Å². The fourth-order valence-corrected chi connectivity index (χ4v) is 1.18. The van der Waals surface area contributed by atoms with Crippen LogP contribution in [0.3, 0.4) is 0 Å². The van der Waals surface area contributed by atoms with Gasteiger partial charge in [0.05, 0.1) is 13.7 Å². The molecule has 0 aromatic heterocycles. The monoisotopic (exact) mass is 187 g/mol. The van der Waals surface area contributed by atoms with Crippen molar-refractivity contribution in [1.29, 1.82) is 0 Å². The Bertz CT molecular complexity index is 262. The van der Waals surface area contributed by atoms with Crippen molar-refractivity contribution in [2.24, 2.45) is 5.92 Å². The van der Waals surface area contributed by atoms with Crippen molar-refractivity contribution >= 4 is 17.8 Å². The van der Waals surface area contributed by atoms with Crippen molar-refractivity contribution in [3.63, 3.8) is 0 Å². The molecule has 1 rings (SSSR count). The Morgan fingerprint density at radius 3 is 2.62 bits per heavy atom. The topological polar surface area (TPSA) is 83.9 Å². The second kappa shape index (κ2) is 3.42. The molecule has 0 bridgehead atoms. The molecule has 13 heavy (non-hydrogen) atoms. The Balaban J connectivity index is 2.67. The number of ketones is 1. The van der Waals surface area contributed by atoms with E-state index in [1.165, 1.54) is 7.11 Å². The number of hydrogen-bond donors (Lipinski definition) is 1. The Morgan fingerprint density at radius 2 is 2.23 bits per heavy atom. The molecule has 1 atom stereocenters. The minimum Gasteiger partial charge on any atom is -0.468 e. The molecule has 0 spiro atoms. The third kappa shape index (κ3) is 1.77. The van der Waals surface area contributed by atoms with Gasteiger partial charge < -0.3 is 9.84 Å². The Labute approximate surface area is 74.1 Å². The van der Waals surface area contributed by atoms with Gasteiger partial charge in [0.1, 0.15) is 5.92 Å². The number of carbonyl (C=O) groups is 3. The first-order valence-electron chi connectivity index (χ1n) is 3.64. The lowest BCUT2D eigenvalue weighted by Crippen LogP contribution is -2.28. The fourth-order valence-electron chi connectivity index (χ4n) is 1.18. The van der Waals surface area contributed by atoms with E-state index in [9.17, 15) is 14.4 Å². The lowest BCUT2D eigenvalue weighted by atomic mass is 10.1. The van der Waals surface area contributed by atoms with Crippen LogP contribution in [0.1, 0.15) is 0 Å². The summed E-state index contributed by atoms with van der Waals surface area (Å²) in [5.74, 6) is -2.02. The number of ether oxygens (including phenoxy) is 1. The third-order valence-electron chi connectivity index (χ3n) is 1.89. The number of Topliss-reactive ketones (excluding diaryl/α,β-unsaturated/α-hetero) is 1.